The predicted molar refractivity (Wildman–Crippen MR) is 113 cm³/mol. The summed E-state index contributed by atoms with van der Waals surface area (Å²) in [5, 5.41) is 22.3. The third-order valence-corrected chi connectivity index (χ3v) is 4.39. The fraction of sp³-hybridized carbons (Fsp3) is 0.136. The predicted octanol–water partition coefficient (Wildman–Crippen LogP) is 2.95. The molecule has 1 amide bonds. The average molecular weight is 417 g/mol. The van der Waals surface area contributed by atoms with E-state index in [2.05, 4.69) is 10.3 Å². The highest BCUT2D eigenvalue weighted by Crippen LogP contribution is 2.17. The number of carbonyl (C=O) groups is 1. The molecule has 0 radical (unpaired) electrons. The van der Waals surface area contributed by atoms with Crippen LogP contribution in [0.3, 0.4) is 0 Å². The van der Waals surface area contributed by atoms with Crippen molar-refractivity contribution in [3.8, 4) is 11.8 Å². The van der Waals surface area contributed by atoms with Gasteiger partial charge in [-0.3, -0.25) is 19.9 Å². The number of amides is 1. The molecule has 0 saturated carbocycles. The molecule has 0 bridgehead atoms. The van der Waals surface area contributed by atoms with Gasteiger partial charge in [-0.1, -0.05) is 12.1 Å². The number of hydrogen-bond acceptors (Lipinski definition) is 7. The number of nitrogens with one attached hydrogen (secondary N) is 1. The van der Waals surface area contributed by atoms with E-state index < -0.39 is 11.0 Å². The van der Waals surface area contributed by atoms with Crippen molar-refractivity contribution in [3.63, 3.8) is 0 Å². The number of carbonyl (C=O) groups excluding carboxylic acids is 1. The van der Waals surface area contributed by atoms with Crippen molar-refractivity contribution in [1.82, 2.24) is 4.98 Å². The third kappa shape index (κ3) is 6.09. The van der Waals surface area contributed by atoms with E-state index in [1.54, 1.807) is 48.5 Å². The zero-order chi connectivity index (χ0) is 22.2. The van der Waals surface area contributed by atoms with Crippen LogP contribution in [0.5, 0.6) is 5.75 Å². The first-order chi connectivity index (χ1) is 14.9. The van der Waals surface area contributed by atoms with Crippen LogP contribution in [0.2, 0.25) is 0 Å². The fourth-order valence-corrected chi connectivity index (χ4v) is 2.75. The topological polar surface area (TPSA) is 144 Å². The lowest BCUT2D eigenvalue weighted by Crippen LogP contribution is -2.37. The lowest BCUT2D eigenvalue weighted by molar-refractivity contribution is -0.385. The number of rotatable bonds is 8. The van der Waals surface area contributed by atoms with Crippen molar-refractivity contribution in [2.45, 2.75) is 19.1 Å². The van der Waals surface area contributed by atoms with Crippen LogP contribution in [-0.4, -0.2) is 21.9 Å². The van der Waals surface area contributed by atoms with Gasteiger partial charge in [0.2, 0.25) is 5.91 Å². The van der Waals surface area contributed by atoms with E-state index in [1.165, 1.54) is 18.3 Å². The molecule has 0 fully saturated rings. The number of pyridine rings is 1. The first-order valence-corrected chi connectivity index (χ1v) is 9.32. The van der Waals surface area contributed by atoms with Gasteiger partial charge in [0, 0.05) is 24.0 Å². The van der Waals surface area contributed by atoms with Crippen molar-refractivity contribution in [3.05, 3.63) is 93.8 Å². The number of benzene rings is 2. The molecule has 3 aromatic rings. The van der Waals surface area contributed by atoms with Crippen molar-refractivity contribution in [1.29, 1.82) is 5.26 Å². The Balaban J connectivity index is 1.52. The minimum atomic E-state index is -0.753. The molecule has 1 aromatic heterocycles. The van der Waals surface area contributed by atoms with E-state index in [-0.39, 0.29) is 18.2 Å². The Morgan fingerprint density at radius 2 is 1.90 bits per heavy atom. The Kier molecular flexibility index (Phi) is 6.88. The average Bonchev–Trinajstić information content (AvgIpc) is 2.79. The molecule has 3 rings (SSSR count). The number of aromatic nitrogens is 1. The molecule has 9 heteroatoms. The highest BCUT2D eigenvalue weighted by molar-refractivity contribution is 5.94. The Labute approximate surface area is 178 Å². The summed E-state index contributed by atoms with van der Waals surface area (Å²) in [6.45, 7) is 0.0908. The fourth-order valence-electron chi connectivity index (χ4n) is 2.75. The summed E-state index contributed by atoms with van der Waals surface area (Å²) in [5.74, 6) is 0.231. The second kappa shape index (κ2) is 9.96. The Morgan fingerprint density at radius 3 is 2.55 bits per heavy atom. The zero-order valence-electron chi connectivity index (χ0n) is 16.4. The Morgan fingerprint density at radius 1 is 1.19 bits per heavy atom. The second-order valence-corrected chi connectivity index (χ2v) is 6.68. The molecule has 1 heterocycles. The van der Waals surface area contributed by atoms with Gasteiger partial charge < -0.3 is 15.8 Å². The maximum absolute atomic E-state index is 12.3. The summed E-state index contributed by atoms with van der Waals surface area (Å²) in [7, 11) is 0. The van der Waals surface area contributed by atoms with Crippen LogP contribution < -0.4 is 15.8 Å². The van der Waals surface area contributed by atoms with Gasteiger partial charge >= 0.3 is 0 Å². The number of nitrogens with zero attached hydrogens (tertiary/aromatic N) is 3. The molecule has 9 nitrogen and oxygen atoms in total. The van der Waals surface area contributed by atoms with Gasteiger partial charge in [-0.2, -0.15) is 5.26 Å². The van der Waals surface area contributed by atoms with Crippen LogP contribution in [0.25, 0.3) is 0 Å². The standard InChI is InChI=1S/C22H19N5O4/c23-13-16-1-5-17(6-2-16)26-22(28)21(24)11-15-3-7-20(8-4-15)31-14-18-12-19(27(29)30)9-10-25-18/h1-10,12,21H,11,14,24H2,(H,26,28)/t21-/m0/s1. The van der Waals surface area contributed by atoms with E-state index in [1.807, 2.05) is 6.07 Å². The highest BCUT2D eigenvalue weighted by Gasteiger charge is 2.14. The minimum absolute atomic E-state index is 0.0442. The van der Waals surface area contributed by atoms with Crippen LogP contribution in [0.1, 0.15) is 16.8 Å². The smallest absolute Gasteiger partial charge is 0.272 e. The number of anilines is 1. The maximum Gasteiger partial charge on any atom is 0.272 e. The summed E-state index contributed by atoms with van der Waals surface area (Å²) in [6, 6.07) is 17.5. The van der Waals surface area contributed by atoms with Gasteiger partial charge in [0.15, 0.2) is 0 Å². The zero-order valence-corrected chi connectivity index (χ0v) is 16.4. The molecular formula is C22H19N5O4. The molecule has 0 unspecified atom stereocenters. The van der Waals surface area contributed by atoms with E-state index in [9.17, 15) is 14.9 Å². The van der Waals surface area contributed by atoms with Crippen LogP contribution in [-0.2, 0) is 17.8 Å². The summed E-state index contributed by atoms with van der Waals surface area (Å²) >= 11 is 0. The van der Waals surface area contributed by atoms with Gasteiger partial charge in [-0.05, 0) is 48.4 Å². The quantitative estimate of drug-likeness (QED) is 0.423. The van der Waals surface area contributed by atoms with Crippen molar-refractivity contribution in [2.75, 3.05) is 5.32 Å². The molecule has 0 saturated heterocycles. The van der Waals surface area contributed by atoms with Crippen molar-refractivity contribution >= 4 is 17.3 Å². The van der Waals surface area contributed by atoms with E-state index >= 15 is 0 Å². The first-order valence-electron chi connectivity index (χ1n) is 9.32. The second-order valence-electron chi connectivity index (χ2n) is 6.68. The van der Waals surface area contributed by atoms with Crippen LogP contribution in [0, 0.1) is 21.4 Å². The Hall–Kier alpha value is -4.29. The van der Waals surface area contributed by atoms with Crippen LogP contribution in [0.4, 0.5) is 11.4 Å². The molecule has 0 aliphatic rings. The van der Waals surface area contributed by atoms with E-state index in [4.69, 9.17) is 15.7 Å². The third-order valence-electron chi connectivity index (χ3n) is 4.39. The first kappa shape index (κ1) is 21.4. The van der Waals surface area contributed by atoms with Crippen molar-refractivity contribution < 1.29 is 14.5 Å². The minimum Gasteiger partial charge on any atom is -0.487 e. The van der Waals surface area contributed by atoms with E-state index in [0.717, 1.165) is 5.56 Å². The lowest BCUT2D eigenvalue weighted by atomic mass is 10.1. The SMILES string of the molecule is N#Cc1ccc(NC(=O)[C@@H](N)Cc2ccc(OCc3cc([N+](=O)[O-])ccn3)cc2)cc1. The molecule has 2 aromatic carbocycles. The maximum atomic E-state index is 12.3. The molecule has 31 heavy (non-hydrogen) atoms. The summed E-state index contributed by atoms with van der Waals surface area (Å²) in [5.41, 5.74) is 8.33. The number of hydrogen-bond donors (Lipinski definition) is 2. The van der Waals surface area contributed by atoms with Crippen molar-refractivity contribution in [2.24, 2.45) is 5.73 Å². The van der Waals surface area contributed by atoms with Gasteiger partial charge in [-0.15, -0.1) is 0 Å². The number of ether oxygens (including phenoxy) is 1. The highest BCUT2D eigenvalue weighted by atomic mass is 16.6. The van der Waals surface area contributed by atoms with Crippen LogP contribution >= 0.6 is 0 Å². The molecule has 0 spiro atoms. The largest absolute Gasteiger partial charge is 0.487 e. The van der Waals surface area contributed by atoms with Gasteiger partial charge in [-0.25, -0.2) is 0 Å². The van der Waals surface area contributed by atoms with Gasteiger partial charge in [0.05, 0.1) is 28.3 Å². The van der Waals surface area contributed by atoms with Crippen LogP contribution in [0.15, 0.2) is 66.9 Å². The molecule has 156 valence electrons. The molecule has 0 aliphatic heterocycles. The molecule has 1 atom stereocenters. The number of nitrogens with two attached hydrogens (primary N) is 1. The number of nitro groups is 1. The summed E-state index contributed by atoms with van der Waals surface area (Å²) < 4.78 is 5.61. The van der Waals surface area contributed by atoms with Gasteiger partial charge in [0.1, 0.15) is 12.4 Å². The monoisotopic (exact) mass is 417 g/mol. The summed E-state index contributed by atoms with van der Waals surface area (Å²) in [6.07, 6.45) is 1.69. The van der Waals surface area contributed by atoms with E-state index in [0.29, 0.717) is 29.1 Å². The molecular weight excluding hydrogens is 398 g/mol. The Bertz CT molecular complexity index is 1110. The lowest BCUT2D eigenvalue weighted by Gasteiger charge is -2.13. The van der Waals surface area contributed by atoms with Gasteiger partial charge in [0.25, 0.3) is 5.69 Å². The normalized spacial score (nSPS) is 11.2. The molecule has 0 aliphatic carbocycles. The molecule has 3 N–H and O–H groups in total. The number of nitriles is 1. The summed E-state index contributed by atoms with van der Waals surface area (Å²) in [4.78, 5) is 26.7.